The highest BCUT2D eigenvalue weighted by Crippen LogP contribution is 2.44. The first kappa shape index (κ1) is 9.75. The molecular weight excluding hydrogens is 192 g/mol. The summed E-state index contributed by atoms with van der Waals surface area (Å²) in [7, 11) is 2.15. The molecule has 3 heterocycles. The normalized spacial score (nSPS) is 39.9. The van der Waals surface area contributed by atoms with Gasteiger partial charge in [0, 0.05) is 13.0 Å². The lowest BCUT2D eigenvalue weighted by Crippen LogP contribution is -2.59. The van der Waals surface area contributed by atoms with Gasteiger partial charge < -0.3 is 4.90 Å². The highest BCUT2D eigenvalue weighted by Gasteiger charge is 2.56. The van der Waals surface area contributed by atoms with E-state index in [4.69, 9.17) is 4.84 Å². The van der Waals surface area contributed by atoms with E-state index >= 15 is 0 Å². The van der Waals surface area contributed by atoms with Crippen LogP contribution in [0.2, 0.25) is 0 Å². The van der Waals surface area contributed by atoms with Gasteiger partial charge in [0.2, 0.25) is 0 Å². The first-order valence-electron chi connectivity index (χ1n) is 5.84. The Morgan fingerprint density at radius 2 is 2.07 bits per heavy atom. The van der Waals surface area contributed by atoms with E-state index in [9.17, 15) is 4.79 Å². The summed E-state index contributed by atoms with van der Waals surface area (Å²) in [5, 5.41) is 2.12. The van der Waals surface area contributed by atoms with Gasteiger partial charge in [-0.2, -0.15) is 5.06 Å². The molecule has 3 fully saturated rings. The number of likely N-dealkylation sites (tertiary alicyclic amines) is 1. The first-order valence-corrected chi connectivity index (χ1v) is 5.84. The van der Waals surface area contributed by atoms with Crippen LogP contribution < -0.4 is 0 Å². The molecule has 3 rings (SSSR count). The molecule has 0 aliphatic carbocycles. The highest BCUT2D eigenvalue weighted by molar-refractivity contribution is 5.84. The van der Waals surface area contributed by atoms with E-state index in [2.05, 4.69) is 17.0 Å². The van der Waals surface area contributed by atoms with E-state index in [0.717, 1.165) is 32.5 Å². The van der Waals surface area contributed by atoms with Crippen molar-refractivity contribution in [2.75, 3.05) is 33.3 Å². The SMILES string of the molecule is CN1CCC2(CC1)C1CON2CCC1=O. The number of piperidine rings is 2. The lowest BCUT2D eigenvalue weighted by molar-refractivity contribution is -0.183. The molecule has 0 aromatic carbocycles. The number of rotatable bonds is 0. The van der Waals surface area contributed by atoms with Crippen LogP contribution in [-0.4, -0.2) is 54.6 Å². The average Bonchev–Trinajstić information content (AvgIpc) is 2.45. The van der Waals surface area contributed by atoms with Crippen molar-refractivity contribution in [1.82, 2.24) is 9.96 Å². The molecule has 0 saturated carbocycles. The number of carbonyl (C=O) groups excluding carboxylic acids is 1. The zero-order valence-electron chi connectivity index (χ0n) is 9.24. The Kier molecular flexibility index (Phi) is 2.13. The summed E-state index contributed by atoms with van der Waals surface area (Å²) in [6.07, 6.45) is 2.85. The van der Waals surface area contributed by atoms with Gasteiger partial charge in [0.1, 0.15) is 5.78 Å². The van der Waals surface area contributed by atoms with Crippen LogP contribution in [0, 0.1) is 5.92 Å². The maximum atomic E-state index is 11.9. The third kappa shape index (κ3) is 1.28. The van der Waals surface area contributed by atoms with Gasteiger partial charge in [0.15, 0.2) is 0 Å². The van der Waals surface area contributed by atoms with Crippen LogP contribution in [0.1, 0.15) is 19.3 Å². The fraction of sp³-hybridized carbons (Fsp3) is 0.909. The average molecular weight is 210 g/mol. The van der Waals surface area contributed by atoms with Crippen molar-refractivity contribution in [2.24, 2.45) is 5.92 Å². The van der Waals surface area contributed by atoms with Crippen LogP contribution in [0.15, 0.2) is 0 Å². The topological polar surface area (TPSA) is 32.8 Å². The number of Topliss-reactive ketones (excluding diaryl/α,β-unsaturated/α-hetero) is 1. The van der Waals surface area contributed by atoms with Gasteiger partial charge in [-0.3, -0.25) is 9.63 Å². The van der Waals surface area contributed by atoms with Gasteiger partial charge in [0.25, 0.3) is 0 Å². The molecule has 0 aromatic rings. The molecule has 2 bridgehead atoms. The zero-order valence-corrected chi connectivity index (χ0v) is 9.24. The Labute approximate surface area is 90.1 Å². The minimum absolute atomic E-state index is 0.0574. The van der Waals surface area contributed by atoms with Crippen molar-refractivity contribution in [2.45, 2.75) is 24.8 Å². The van der Waals surface area contributed by atoms with Gasteiger partial charge in [0.05, 0.1) is 18.1 Å². The fourth-order valence-electron chi connectivity index (χ4n) is 3.29. The highest BCUT2D eigenvalue weighted by atomic mass is 16.7. The Balaban J connectivity index is 1.88. The first-order chi connectivity index (χ1) is 7.22. The van der Waals surface area contributed by atoms with Crippen molar-refractivity contribution >= 4 is 5.78 Å². The number of hydrogen-bond acceptors (Lipinski definition) is 4. The minimum Gasteiger partial charge on any atom is -0.306 e. The molecule has 0 N–H and O–H groups in total. The molecule has 3 saturated heterocycles. The minimum atomic E-state index is 0.0574. The molecule has 3 aliphatic heterocycles. The Bertz CT molecular complexity index is 284. The molecule has 4 nitrogen and oxygen atoms in total. The van der Waals surface area contributed by atoms with Gasteiger partial charge >= 0.3 is 0 Å². The second-order valence-electron chi connectivity index (χ2n) is 5.07. The van der Waals surface area contributed by atoms with Crippen molar-refractivity contribution in [1.29, 1.82) is 0 Å². The van der Waals surface area contributed by atoms with Crippen molar-refractivity contribution in [3.63, 3.8) is 0 Å². The molecule has 0 amide bonds. The molecule has 2 atom stereocenters. The zero-order chi connectivity index (χ0) is 10.5. The molecule has 84 valence electrons. The van der Waals surface area contributed by atoms with E-state index in [1.165, 1.54) is 0 Å². The van der Waals surface area contributed by atoms with Crippen molar-refractivity contribution in [3.05, 3.63) is 0 Å². The molecular formula is C11H18N2O2. The monoisotopic (exact) mass is 210 g/mol. The van der Waals surface area contributed by atoms with E-state index in [0.29, 0.717) is 18.8 Å². The van der Waals surface area contributed by atoms with E-state index in [-0.39, 0.29) is 11.5 Å². The van der Waals surface area contributed by atoms with Gasteiger partial charge in [-0.15, -0.1) is 0 Å². The van der Waals surface area contributed by atoms with E-state index in [1.54, 1.807) is 0 Å². The molecule has 3 aliphatic rings. The standard InChI is InChI=1S/C11H18N2O2/c1-12-6-3-11(4-7-12)9-8-15-13(11)5-2-10(9)14/h9H,2-8H2,1H3. The summed E-state index contributed by atoms with van der Waals surface area (Å²) >= 11 is 0. The van der Waals surface area contributed by atoms with Gasteiger partial charge in [-0.25, -0.2) is 0 Å². The Hall–Kier alpha value is -0.450. The summed E-state index contributed by atoms with van der Waals surface area (Å²) in [6, 6.07) is 0. The van der Waals surface area contributed by atoms with Crippen LogP contribution >= 0.6 is 0 Å². The van der Waals surface area contributed by atoms with Crippen LogP contribution in [0.4, 0.5) is 0 Å². The predicted molar refractivity (Wildman–Crippen MR) is 55.2 cm³/mol. The summed E-state index contributed by atoms with van der Waals surface area (Å²) in [4.78, 5) is 19.9. The van der Waals surface area contributed by atoms with Crippen LogP contribution in [0.3, 0.4) is 0 Å². The summed E-state index contributed by atoms with van der Waals surface area (Å²) in [5.41, 5.74) is 0.0574. The largest absolute Gasteiger partial charge is 0.306 e. The Morgan fingerprint density at radius 1 is 1.33 bits per heavy atom. The predicted octanol–water partition coefficient (Wildman–Crippen LogP) is 0.287. The Morgan fingerprint density at radius 3 is 2.80 bits per heavy atom. The van der Waals surface area contributed by atoms with E-state index < -0.39 is 0 Å². The van der Waals surface area contributed by atoms with Crippen LogP contribution in [0.25, 0.3) is 0 Å². The maximum Gasteiger partial charge on any atom is 0.141 e. The second-order valence-corrected chi connectivity index (χ2v) is 5.07. The lowest BCUT2D eigenvalue weighted by Gasteiger charge is -2.47. The number of nitrogens with zero attached hydrogens (tertiary/aromatic N) is 2. The van der Waals surface area contributed by atoms with Crippen LogP contribution in [-0.2, 0) is 9.63 Å². The number of hydrogen-bond donors (Lipinski definition) is 0. The quantitative estimate of drug-likeness (QED) is 0.575. The molecule has 15 heavy (non-hydrogen) atoms. The maximum absolute atomic E-state index is 11.9. The summed E-state index contributed by atoms with van der Waals surface area (Å²) in [6.45, 7) is 3.61. The van der Waals surface area contributed by atoms with E-state index in [1.807, 2.05) is 0 Å². The molecule has 0 aromatic heterocycles. The summed E-state index contributed by atoms with van der Waals surface area (Å²) < 4.78 is 0. The number of hydroxylamine groups is 2. The van der Waals surface area contributed by atoms with Gasteiger partial charge in [-0.05, 0) is 33.0 Å². The third-order valence-corrected chi connectivity index (χ3v) is 4.35. The van der Waals surface area contributed by atoms with Gasteiger partial charge in [-0.1, -0.05) is 0 Å². The van der Waals surface area contributed by atoms with Crippen molar-refractivity contribution < 1.29 is 9.63 Å². The smallest absolute Gasteiger partial charge is 0.141 e. The number of carbonyl (C=O) groups is 1. The summed E-state index contributed by atoms with van der Waals surface area (Å²) in [5.74, 6) is 0.577. The van der Waals surface area contributed by atoms with Crippen LogP contribution in [0.5, 0.6) is 0 Å². The van der Waals surface area contributed by atoms with Crippen molar-refractivity contribution in [3.8, 4) is 0 Å². The number of ketones is 1. The third-order valence-electron chi connectivity index (χ3n) is 4.35. The second kappa shape index (κ2) is 3.27. The lowest BCUT2D eigenvalue weighted by atomic mass is 9.72. The fourth-order valence-corrected chi connectivity index (χ4v) is 3.29. The molecule has 2 unspecified atom stereocenters. The molecule has 0 radical (unpaired) electrons. The molecule has 1 spiro atoms. The molecule has 4 heteroatoms.